The van der Waals surface area contributed by atoms with Gasteiger partial charge in [0.15, 0.2) is 0 Å². The van der Waals surface area contributed by atoms with Gasteiger partial charge >= 0.3 is 0 Å². The van der Waals surface area contributed by atoms with Crippen molar-refractivity contribution in [3.05, 3.63) is 29.8 Å². The Kier molecular flexibility index (Phi) is 4.27. The van der Waals surface area contributed by atoms with E-state index in [0.29, 0.717) is 0 Å². The number of hydrogen-bond acceptors (Lipinski definition) is 3. The van der Waals surface area contributed by atoms with Crippen molar-refractivity contribution in [1.29, 1.82) is 0 Å². The number of rotatable bonds is 5. The topological polar surface area (TPSA) is 24.5 Å². The van der Waals surface area contributed by atoms with Crippen LogP contribution >= 0.6 is 0 Å². The van der Waals surface area contributed by atoms with Crippen LogP contribution in [0.4, 0.5) is 0 Å². The fourth-order valence-electron chi connectivity index (χ4n) is 3.70. The average molecular weight is 274 g/mol. The van der Waals surface area contributed by atoms with E-state index in [1.54, 1.807) is 0 Å². The van der Waals surface area contributed by atoms with Crippen LogP contribution in [0.3, 0.4) is 0 Å². The Morgan fingerprint density at radius 1 is 1.25 bits per heavy atom. The summed E-state index contributed by atoms with van der Waals surface area (Å²) in [6.07, 6.45) is 5.35. The van der Waals surface area contributed by atoms with Crippen molar-refractivity contribution in [2.45, 2.75) is 57.3 Å². The molecular weight excluding hydrogens is 248 g/mol. The standard InChI is InChI=1S/C17H26N2O/c1-3-20-17-6-4-5-13(9-17)12-19(2)16-10-14-7-8-15(11-16)18-14/h4-6,9,14-16,18H,3,7-8,10-12H2,1-2H3. The van der Waals surface area contributed by atoms with E-state index in [1.165, 1.54) is 31.2 Å². The SMILES string of the molecule is CCOc1cccc(CN(C)C2CC3CCC(C2)N3)c1. The van der Waals surface area contributed by atoms with Gasteiger partial charge in [0.25, 0.3) is 0 Å². The Hall–Kier alpha value is -1.06. The van der Waals surface area contributed by atoms with Gasteiger partial charge in [-0.1, -0.05) is 12.1 Å². The summed E-state index contributed by atoms with van der Waals surface area (Å²) in [6, 6.07) is 10.8. The number of benzene rings is 1. The van der Waals surface area contributed by atoms with Crippen LogP contribution in [-0.4, -0.2) is 36.7 Å². The zero-order valence-electron chi connectivity index (χ0n) is 12.6. The van der Waals surface area contributed by atoms with Crippen LogP contribution in [0, 0.1) is 0 Å². The van der Waals surface area contributed by atoms with E-state index in [0.717, 1.165) is 37.0 Å². The first-order chi connectivity index (χ1) is 9.74. The summed E-state index contributed by atoms with van der Waals surface area (Å²) in [5.74, 6) is 0.990. The third-order valence-corrected chi connectivity index (χ3v) is 4.71. The Balaban J connectivity index is 1.60. The maximum absolute atomic E-state index is 5.59. The van der Waals surface area contributed by atoms with Gasteiger partial charge in [0, 0.05) is 24.7 Å². The maximum atomic E-state index is 5.59. The molecule has 1 aromatic carbocycles. The molecule has 2 unspecified atom stereocenters. The maximum Gasteiger partial charge on any atom is 0.119 e. The summed E-state index contributed by atoms with van der Waals surface area (Å²) < 4.78 is 5.59. The van der Waals surface area contributed by atoms with Gasteiger partial charge in [-0.25, -0.2) is 0 Å². The van der Waals surface area contributed by atoms with Crippen molar-refractivity contribution in [3.8, 4) is 5.75 Å². The highest BCUT2D eigenvalue weighted by Gasteiger charge is 2.34. The molecule has 0 aromatic heterocycles. The number of piperidine rings is 1. The smallest absolute Gasteiger partial charge is 0.119 e. The van der Waals surface area contributed by atoms with Crippen LogP contribution in [-0.2, 0) is 6.54 Å². The third-order valence-electron chi connectivity index (χ3n) is 4.71. The second-order valence-electron chi connectivity index (χ2n) is 6.26. The molecule has 3 rings (SSSR count). The summed E-state index contributed by atoms with van der Waals surface area (Å²) in [6.45, 7) is 3.78. The average Bonchev–Trinajstić information content (AvgIpc) is 2.78. The Morgan fingerprint density at radius 3 is 2.70 bits per heavy atom. The van der Waals surface area contributed by atoms with Crippen molar-refractivity contribution >= 4 is 0 Å². The molecule has 3 nitrogen and oxygen atoms in total. The Morgan fingerprint density at radius 2 is 2.00 bits per heavy atom. The number of fused-ring (bicyclic) bond motifs is 2. The van der Waals surface area contributed by atoms with E-state index in [2.05, 4.69) is 35.5 Å². The summed E-state index contributed by atoms with van der Waals surface area (Å²) in [5.41, 5.74) is 1.35. The van der Waals surface area contributed by atoms with Crippen molar-refractivity contribution in [2.24, 2.45) is 0 Å². The van der Waals surface area contributed by atoms with E-state index in [1.807, 2.05) is 13.0 Å². The lowest BCUT2D eigenvalue weighted by Crippen LogP contribution is -2.46. The van der Waals surface area contributed by atoms with Crippen molar-refractivity contribution in [1.82, 2.24) is 10.2 Å². The first kappa shape index (κ1) is 13.9. The van der Waals surface area contributed by atoms with Gasteiger partial charge in [-0.3, -0.25) is 4.90 Å². The van der Waals surface area contributed by atoms with Crippen molar-refractivity contribution < 1.29 is 4.74 Å². The largest absolute Gasteiger partial charge is 0.494 e. The zero-order chi connectivity index (χ0) is 13.9. The Labute approximate surface area is 122 Å². The molecule has 2 aliphatic rings. The van der Waals surface area contributed by atoms with Crippen molar-refractivity contribution in [3.63, 3.8) is 0 Å². The second kappa shape index (κ2) is 6.15. The molecule has 0 spiro atoms. The first-order valence-electron chi connectivity index (χ1n) is 7.92. The van der Waals surface area contributed by atoms with E-state index < -0.39 is 0 Å². The van der Waals surface area contributed by atoms with Crippen molar-refractivity contribution in [2.75, 3.05) is 13.7 Å². The van der Waals surface area contributed by atoms with Gasteiger partial charge in [-0.05, 0) is 57.4 Å². The highest BCUT2D eigenvalue weighted by Crippen LogP contribution is 2.30. The molecule has 2 saturated heterocycles. The summed E-state index contributed by atoms with van der Waals surface area (Å²) >= 11 is 0. The monoisotopic (exact) mass is 274 g/mol. The predicted octanol–water partition coefficient (Wildman–Crippen LogP) is 2.80. The molecule has 0 radical (unpaired) electrons. The zero-order valence-corrected chi connectivity index (χ0v) is 12.6. The number of nitrogens with zero attached hydrogens (tertiary/aromatic N) is 1. The van der Waals surface area contributed by atoms with E-state index >= 15 is 0 Å². The van der Waals surface area contributed by atoms with Gasteiger partial charge in [-0.15, -0.1) is 0 Å². The normalized spacial score (nSPS) is 28.9. The first-order valence-corrected chi connectivity index (χ1v) is 7.92. The lowest BCUT2D eigenvalue weighted by molar-refractivity contribution is 0.166. The van der Waals surface area contributed by atoms with Crippen LogP contribution in [0.2, 0.25) is 0 Å². The van der Waals surface area contributed by atoms with E-state index in [-0.39, 0.29) is 0 Å². The lowest BCUT2D eigenvalue weighted by atomic mass is 9.98. The molecule has 0 saturated carbocycles. The molecule has 3 heteroatoms. The number of hydrogen-bond donors (Lipinski definition) is 1. The summed E-state index contributed by atoms with van der Waals surface area (Å²) in [5, 5.41) is 3.72. The van der Waals surface area contributed by atoms with Gasteiger partial charge in [0.2, 0.25) is 0 Å². The molecule has 110 valence electrons. The van der Waals surface area contributed by atoms with Crippen LogP contribution in [0.5, 0.6) is 5.75 Å². The fraction of sp³-hybridized carbons (Fsp3) is 0.647. The third kappa shape index (κ3) is 3.15. The van der Waals surface area contributed by atoms with Crippen LogP contribution in [0.1, 0.15) is 38.2 Å². The van der Waals surface area contributed by atoms with Gasteiger partial charge < -0.3 is 10.1 Å². The number of ether oxygens (including phenoxy) is 1. The van der Waals surface area contributed by atoms with Gasteiger partial charge in [0.1, 0.15) is 5.75 Å². The molecule has 2 heterocycles. The predicted molar refractivity (Wildman–Crippen MR) is 82.0 cm³/mol. The molecule has 1 N–H and O–H groups in total. The molecular formula is C17H26N2O. The van der Waals surface area contributed by atoms with Gasteiger partial charge in [-0.2, -0.15) is 0 Å². The van der Waals surface area contributed by atoms with Crippen LogP contribution in [0.25, 0.3) is 0 Å². The molecule has 2 atom stereocenters. The van der Waals surface area contributed by atoms with Crippen LogP contribution in [0.15, 0.2) is 24.3 Å². The van der Waals surface area contributed by atoms with E-state index in [4.69, 9.17) is 4.74 Å². The molecule has 2 aliphatic heterocycles. The molecule has 0 amide bonds. The quantitative estimate of drug-likeness (QED) is 0.893. The highest BCUT2D eigenvalue weighted by atomic mass is 16.5. The molecule has 2 fully saturated rings. The van der Waals surface area contributed by atoms with E-state index in [9.17, 15) is 0 Å². The fourth-order valence-corrected chi connectivity index (χ4v) is 3.70. The highest BCUT2D eigenvalue weighted by molar-refractivity contribution is 5.28. The molecule has 20 heavy (non-hydrogen) atoms. The van der Waals surface area contributed by atoms with Crippen LogP contribution < -0.4 is 10.1 Å². The minimum atomic E-state index is 0.726. The second-order valence-corrected chi connectivity index (χ2v) is 6.26. The minimum Gasteiger partial charge on any atom is -0.494 e. The number of nitrogens with one attached hydrogen (secondary N) is 1. The minimum absolute atomic E-state index is 0.726. The molecule has 2 bridgehead atoms. The Bertz CT molecular complexity index is 436. The lowest BCUT2D eigenvalue weighted by Gasteiger charge is -2.35. The molecule has 1 aromatic rings. The summed E-state index contributed by atoms with van der Waals surface area (Å²) in [7, 11) is 2.27. The summed E-state index contributed by atoms with van der Waals surface area (Å²) in [4.78, 5) is 2.53. The molecule has 0 aliphatic carbocycles. The van der Waals surface area contributed by atoms with Gasteiger partial charge in [0.05, 0.1) is 6.61 Å².